The molecule has 3 rings (SSSR count). The quantitative estimate of drug-likeness (QED) is 0.753. The molecule has 1 aromatic rings. The molecule has 0 spiro atoms. The van der Waals surface area contributed by atoms with Crippen LogP contribution >= 0.6 is 0 Å². The smallest absolute Gasteiger partial charge is 0.243 e. The molecular weight excluding hydrogens is 374 g/mol. The summed E-state index contributed by atoms with van der Waals surface area (Å²) in [6, 6.07) is 3.05. The maximum absolute atomic E-state index is 13.5. The van der Waals surface area contributed by atoms with Gasteiger partial charge < -0.3 is 4.74 Å². The van der Waals surface area contributed by atoms with Gasteiger partial charge >= 0.3 is 0 Å². The van der Waals surface area contributed by atoms with Gasteiger partial charge in [0, 0.05) is 19.2 Å². The molecule has 0 unspecified atom stereocenters. The van der Waals surface area contributed by atoms with Crippen molar-refractivity contribution in [2.45, 2.75) is 57.1 Å². The Kier molecular flexibility index (Phi) is 5.50. The van der Waals surface area contributed by atoms with Crippen LogP contribution < -0.4 is 0 Å². The van der Waals surface area contributed by atoms with E-state index in [1.54, 1.807) is 13.0 Å². The zero-order valence-electron chi connectivity index (χ0n) is 15.6. The predicted molar refractivity (Wildman–Crippen MR) is 101 cm³/mol. The third-order valence-corrected chi connectivity index (χ3v) is 9.21. The minimum Gasteiger partial charge on any atom is -0.377 e. The van der Waals surface area contributed by atoms with Gasteiger partial charge in [0.1, 0.15) is 0 Å². The average molecular weight is 402 g/mol. The molecule has 0 saturated carbocycles. The molecule has 0 N–H and O–H groups in total. The topological polar surface area (TPSA) is 80.8 Å². The molecule has 0 aromatic heterocycles. The Bertz CT molecular complexity index is 886. The summed E-state index contributed by atoms with van der Waals surface area (Å²) in [5.41, 5.74) is 2.63. The van der Waals surface area contributed by atoms with E-state index in [1.807, 2.05) is 19.9 Å². The number of benzene rings is 1. The molecule has 26 heavy (non-hydrogen) atoms. The highest BCUT2D eigenvalue weighted by molar-refractivity contribution is 7.92. The minimum atomic E-state index is -3.80. The van der Waals surface area contributed by atoms with Crippen molar-refractivity contribution < 1.29 is 21.6 Å². The Hall–Kier alpha value is -0.960. The van der Waals surface area contributed by atoms with Crippen LogP contribution in [0.25, 0.3) is 0 Å². The van der Waals surface area contributed by atoms with Gasteiger partial charge in [-0.2, -0.15) is 4.31 Å². The monoisotopic (exact) mass is 401 g/mol. The molecule has 0 amide bonds. The van der Waals surface area contributed by atoms with Crippen molar-refractivity contribution in [2.24, 2.45) is 0 Å². The first-order valence-corrected chi connectivity index (χ1v) is 12.3. The van der Waals surface area contributed by atoms with Crippen molar-refractivity contribution >= 4 is 19.9 Å². The van der Waals surface area contributed by atoms with Crippen LogP contribution in [0.3, 0.4) is 0 Å². The number of hydrogen-bond acceptors (Lipinski definition) is 5. The fourth-order valence-electron chi connectivity index (χ4n) is 3.77. The van der Waals surface area contributed by atoms with Crippen molar-refractivity contribution in [1.29, 1.82) is 0 Å². The maximum atomic E-state index is 13.5. The van der Waals surface area contributed by atoms with Gasteiger partial charge in [-0.15, -0.1) is 0 Å². The fraction of sp³-hybridized carbons (Fsp3) is 0.667. The van der Waals surface area contributed by atoms with Crippen molar-refractivity contribution in [2.75, 3.05) is 24.7 Å². The third kappa shape index (κ3) is 3.98. The molecule has 6 nitrogen and oxygen atoms in total. The first-order valence-electron chi connectivity index (χ1n) is 9.02. The third-order valence-electron chi connectivity index (χ3n) is 5.40. The lowest BCUT2D eigenvalue weighted by molar-refractivity contribution is 0.0877. The Balaban J connectivity index is 2.00. The molecule has 0 aliphatic carbocycles. The summed E-state index contributed by atoms with van der Waals surface area (Å²) in [6.07, 6.45) is 1.89. The summed E-state index contributed by atoms with van der Waals surface area (Å²) >= 11 is 0. The van der Waals surface area contributed by atoms with Gasteiger partial charge in [0.2, 0.25) is 10.0 Å². The van der Waals surface area contributed by atoms with Gasteiger partial charge in [-0.3, -0.25) is 0 Å². The van der Waals surface area contributed by atoms with Gasteiger partial charge in [-0.1, -0.05) is 6.07 Å². The van der Waals surface area contributed by atoms with E-state index >= 15 is 0 Å². The number of sulfonamides is 1. The van der Waals surface area contributed by atoms with Crippen LogP contribution in [0.1, 0.15) is 36.0 Å². The molecule has 0 radical (unpaired) electrons. The number of rotatable bonds is 5. The summed E-state index contributed by atoms with van der Waals surface area (Å²) in [7, 11) is -6.99. The number of nitrogens with zero attached hydrogens (tertiary/aromatic N) is 1. The Morgan fingerprint density at radius 1 is 1.12 bits per heavy atom. The molecule has 146 valence electrons. The SMILES string of the molecule is Cc1cc(C)c(S(=O)(=O)N(C[C@H]2CCCO2)[C@@H]2CCS(=O)(=O)C2)cc1C. The summed E-state index contributed by atoms with van der Waals surface area (Å²) in [5, 5.41) is 0. The van der Waals surface area contributed by atoms with E-state index in [4.69, 9.17) is 4.74 Å². The highest BCUT2D eigenvalue weighted by atomic mass is 32.2. The first-order chi connectivity index (χ1) is 12.1. The molecule has 2 atom stereocenters. The van der Waals surface area contributed by atoms with Crippen LogP contribution in [0.15, 0.2) is 17.0 Å². The summed E-state index contributed by atoms with van der Waals surface area (Å²) < 4.78 is 57.9. The molecule has 1 aromatic carbocycles. The largest absolute Gasteiger partial charge is 0.377 e. The van der Waals surface area contributed by atoms with Crippen molar-refractivity contribution in [1.82, 2.24) is 4.31 Å². The molecule has 2 saturated heterocycles. The second-order valence-electron chi connectivity index (χ2n) is 7.47. The highest BCUT2D eigenvalue weighted by Crippen LogP contribution is 2.30. The Morgan fingerprint density at radius 2 is 1.81 bits per heavy atom. The van der Waals surface area contributed by atoms with E-state index in [0.29, 0.717) is 18.6 Å². The van der Waals surface area contributed by atoms with Gasteiger partial charge in [-0.05, 0) is 62.8 Å². The summed E-state index contributed by atoms with van der Waals surface area (Å²) in [5.74, 6) is -0.0655. The minimum absolute atomic E-state index is 0.0428. The van der Waals surface area contributed by atoms with Crippen molar-refractivity contribution in [3.63, 3.8) is 0 Å². The maximum Gasteiger partial charge on any atom is 0.243 e. The normalized spacial score (nSPS) is 25.8. The van der Waals surface area contributed by atoms with Crippen molar-refractivity contribution in [3.05, 3.63) is 28.8 Å². The van der Waals surface area contributed by atoms with Gasteiger partial charge in [0.15, 0.2) is 9.84 Å². The second-order valence-corrected chi connectivity index (χ2v) is 11.6. The highest BCUT2D eigenvalue weighted by Gasteiger charge is 2.40. The van der Waals surface area contributed by atoms with Crippen LogP contribution in [0.5, 0.6) is 0 Å². The second kappa shape index (κ2) is 7.22. The van der Waals surface area contributed by atoms with E-state index in [2.05, 4.69) is 0 Å². The van der Waals surface area contributed by atoms with Gasteiger partial charge in [0.05, 0.1) is 22.5 Å². The van der Waals surface area contributed by atoms with E-state index in [-0.39, 0.29) is 29.0 Å². The number of hydrogen-bond donors (Lipinski definition) is 0. The number of aryl methyl sites for hydroxylation is 3. The molecule has 8 heteroatoms. The van der Waals surface area contributed by atoms with Crippen LogP contribution in [-0.4, -0.2) is 57.9 Å². The summed E-state index contributed by atoms with van der Waals surface area (Å²) in [6.45, 7) is 6.47. The van der Waals surface area contributed by atoms with Crippen LogP contribution in [-0.2, 0) is 24.6 Å². The number of ether oxygens (including phenoxy) is 1. The molecule has 2 heterocycles. The fourth-order valence-corrected chi connectivity index (χ4v) is 7.58. The summed E-state index contributed by atoms with van der Waals surface area (Å²) in [4.78, 5) is 0.267. The molecule has 2 aliphatic heterocycles. The number of sulfone groups is 1. The van der Waals surface area contributed by atoms with E-state index in [9.17, 15) is 16.8 Å². The zero-order chi connectivity index (χ0) is 19.1. The lowest BCUT2D eigenvalue weighted by Crippen LogP contribution is -2.45. The zero-order valence-corrected chi connectivity index (χ0v) is 17.2. The van der Waals surface area contributed by atoms with E-state index in [0.717, 1.165) is 24.0 Å². The standard InChI is InChI=1S/C18H27NO5S2/c1-13-9-15(3)18(10-14(13)2)26(22,23)19(11-17-5-4-7-24-17)16-6-8-25(20,21)12-16/h9-10,16-17H,4-8,11-12H2,1-3H3/t16-,17-/m1/s1. The van der Waals surface area contributed by atoms with E-state index in [1.165, 1.54) is 4.31 Å². The van der Waals surface area contributed by atoms with Crippen LogP contribution in [0.4, 0.5) is 0 Å². The van der Waals surface area contributed by atoms with Gasteiger partial charge in [0.25, 0.3) is 0 Å². The lowest BCUT2D eigenvalue weighted by Gasteiger charge is -2.30. The van der Waals surface area contributed by atoms with Crippen molar-refractivity contribution in [3.8, 4) is 0 Å². The Labute approximate surface area is 156 Å². The first kappa shape index (κ1) is 19.8. The molecule has 0 bridgehead atoms. The average Bonchev–Trinajstić information content (AvgIpc) is 3.17. The molecule has 2 fully saturated rings. The van der Waals surface area contributed by atoms with Crippen LogP contribution in [0.2, 0.25) is 0 Å². The predicted octanol–water partition coefficient (Wildman–Crippen LogP) is 1.97. The molecule has 2 aliphatic rings. The Morgan fingerprint density at radius 3 is 2.38 bits per heavy atom. The van der Waals surface area contributed by atoms with E-state index < -0.39 is 25.9 Å². The van der Waals surface area contributed by atoms with Gasteiger partial charge in [-0.25, -0.2) is 16.8 Å². The lowest BCUT2D eigenvalue weighted by atomic mass is 10.1. The van der Waals surface area contributed by atoms with Crippen LogP contribution in [0, 0.1) is 20.8 Å². The molecular formula is C18H27NO5S2.